The lowest BCUT2D eigenvalue weighted by molar-refractivity contribution is 0.145. The van der Waals surface area contributed by atoms with E-state index in [0.717, 1.165) is 55.6 Å². The zero-order chi connectivity index (χ0) is 22.2. The zero-order valence-corrected chi connectivity index (χ0v) is 19.5. The molecule has 0 amide bonds. The van der Waals surface area contributed by atoms with Crippen LogP contribution in [0.1, 0.15) is 73.8 Å². The van der Waals surface area contributed by atoms with Crippen LogP contribution in [-0.4, -0.2) is 47.7 Å². The SMILES string of the molecule is O=c1[nH]c2ccccc2n1C1CCN(C(c2cccs2)c2nnnn2C2CCCCC2)CC1. The van der Waals surface area contributed by atoms with Crippen LogP contribution in [0.15, 0.2) is 46.6 Å². The van der Waals surface area contributed by atoms with Crippen LogP contribution in [-0.2, 0) is 0 Å². The normalized spacial score (nSPS) is 19.9. The first-order chi connectivity index (χ1) is 16.3. The molecule has 0 bridgehead atoms. The second-order valence-corrected chi connectivity index (χ2v) is 10.3. The van der Waals surface area contributed by atoms with Crippen LogP contribution in [0, 0.1) is 0 Å². The first kappa shape index (κ1) is 20.8. The highest BCUT2D eigenvalue weighted by Gasteiger charge is 2.34. The van der Waals surface area contributed by atoms with E-state index in [2.05, 4.69) is 47.6 Å². The van der Waals surface area contributed by atoms with E-state index in [9.17, 15) is 4.79 Å². The van der Waals surface area contributed by atoms with E-state index < -0.39 is 0 Å². The van der Waals surface area contributed by atoms with Gasteiger partial charge in [-0.2, -0.15) is 0 Å². The number of aromatic amines is 1. The second-order valence-electron chi connectivity index (χ2n) is 9.28. The van der Waals surface area contributed by atoms with E-state index >= 15 is 0 Å². The first-order valence-electron chi connectivity index (χ1n) is 12.0. The van der Waals surface area contributed by atoms with Gasteiger partial charge < -0.3 is 4.98 Å². The van der Waals surface area contributed by atoms with Crippen LogP contribution in [0.2, 0.25) is 0 Å². The van der Waals surface area contributed by atoms with Gasteiger partial charge in [0, 0.05) is 24.0 Å². The van der Waals surface area contributed by atoms with Crippen LogP contribution in [0.4, 0.5) is 0 Å². The number of H-pyrrole nitrogens is 1. The van der Waals surface area contributed by atoms with Crippen LogP contribution in [0.25, 0.3) is 11.0 Å². The lowest BCUT2D eigenvalue weighted by atomic mass is 9.95. The molecule has 6 rings (SSSR count). The number of imidazole rings is 1. The van der Waals surface area contributed by atoms with Crippen molar-refractivity contribution in [2.45, 2.75) is 63.1 Å². The molecule has 0 spiro atoms. The van der Waals surface area contributed by atoms with Crippen molar-refractivity contribution in [3.05, 3.63) is 63.0 Å². The van der Waals surface area contributed by atoms with Crippen LogP contribution < -0.4 is 5.69 Å². The summed E-state index contributed by atoms with van der Waals surface area (Å²) in [5.74, 6) is 0.965. The van der Waals surface area contributed by atoms with Gasteiger partial charge in [-0.05, 0) is 59.7 Å². The van der Waals surface area contributed by atoms with Gasteiger partial charge in [0.1, 0.15) is 6.04 Å². The molecule has 1 N–H and O–H groups in total. The standard InChI is InChI=1S/C24H29N7OS/c32-24-25-19-9-4-5-10-20(19)30(24)17-12-14-29(15-13-17)22(21-11-6-16-33-21)23-26-27-28-31(23)18-7-2-1-3-8-18/h4-6,9-11,16-18,22H,1-3,7-8,12-15H2,(H,25,32). The molecule has 1 aliphatic carbocycles. The predicted molar refractivity (Wildman–Crippen MR) is 129 cm³/mol. The molecule has 1 aliphatic heterocycles. The minimum Gasteiger partial charge on any atom is -0.306 e. The molecular formula is C24H29N7OS. The van der Waals surface area contributed by atoms with Crippen molar-refractivity contribution in [2.24, 2.45) is 0 Å². The summed E-state index contributed by atoms with van der Waals surface area (Å²) < 4.78 is 4.07. The number of fused-ring (bicyclic) bond motifs is 1. The van der Waals surface area contributed by atoms with Crippen LogP contribution in [0.3, 0.4) is 0 Å². The largest absolute Gasteiger partial charge is 0.326 e. The molecule has 1 atom stereocenters. The number of nitrogens with zero attached hydrogens (tertiary/aromatic N) is 6. The maximum absolute atomic E-state index is 12.7. The number of para-hydroxylation sites is 2. The van der Waals surface area contributed by atoms with Gasteiger partial charge in [-0.1, -0.05) is 37.5 Å². The number of hydrogen-bond acceptors (Lipinski definition) is 6. The number of thiophene rings is 1. The molecule has 8 nitrogen and oxygen atoms in total. The quantitative estimate of drug-likeness (QED) is 0.477. The lowest BCUT2D eigenvalue weighted by Crippen LogP contribution is -2.40. The molecule has 3 aromatic heterocycles. The first-order valence-corrected chi connectivity index (χ1v) is 12.9. The highest BCUT2D eigenvalue weighted by atomic mass is 32.1. The van der Waals surface area contributed by atoms with Gasteiger partial charge in [-0.3, -0.25) is 9.47 Å². The highest BCUT2D eigenvalue weighted by Crippen LogP contribution is 2.37. The molecule has 4 heterocycles. The van der Waals surface area contributed by atoms with Crippen molar-refractivity contribution in [2.75, 3.05) is 13.1 Å². The smallest absolute Gasteiger partial charge is 0.306 e. The molecule has 9 heteroatoms. The summed E-state index contributed by atoms with van der Waals surface area (Å²) in [7, 11) is 0. The third kappa shape index (κ3) is 3.83. The predicted octanol–water partition coefficient (Wildman–Crippen LogP) is 4.31. The third-order valence-electron chi connectivity index (χ3n) is 7.35. The number of nitrogens with one attached hydrogen (secondary N) is 1. The molecule has 172 valence electrons. The van der Waals surface area contributed by atoms with Gasteiger partial charge in [-0.25, -0.2) is 9.48 Å². The van der Waals surface area contributed by atoms with Crippen molar-refractivity contribution >= 4 is 22.4 Å². The monoisotopic (exact) mass is 463 g/mol. The zero-order valence-electron chi connectivity index (χ0n) is 18.6. The van der Waals surface area contributed by atoms with Crippen molar-refractivity contribution in [3.8, 4) is 0 Å². The molecule has 1 saturated carbocycles. The van der Waals surface area contributed by atoms with E-state index in [1.54, 1.807) is 11.3 Å². The van der Waals surface area contributed by atoms with E-state index in [1.807, 2.05) is 28.8 Å². The molecular weight excluding hydrogens is 434 g/mol. The summed E-state index contributed by atoms with van der Waals surface area (Å²) in [4.78, 5) is 19.5. The summed E-state index contributed by atoms with van der Waals surface area (Å²) >= 11 is 1.77. The minimum atomic E-state index is -0.00861. The van der Waals surface area contributed by atoms with Gasteiger partial charge in [0.25, 0.3) is 0 Å². The molecule has 0 radical (unpaired) electrons. The Morgan fingerprint density at radius 2 is 1.79 bits per heavy atom. The topological polar surface area (TPSA) is 84.6 Å². The Labute approximate surface area is 196 Å². The number of benzene rings is 1. The Morgan fingerprint density at radius 1 is 0.970 bits per heavy atom. The summed E-state index contributed by atoms with van der Waals surface area (Å²) in [6, 6.07) is 12.9. The second kappa shape index (κ2) is 8.87. The summed E-state index contributed by atoms with van der Waals surface area (Å²) in [5.41, 5.74) is 1.90. The van der Waals surface area contributed by atoms with Gasteiger partial charge in [0.2, 0.25) is 0 Å². The van der Waals surface area contributed by atoms with Gasteiger partial charge in [-0.15, -0.1) is 16.4 Å². The van der Waals surface area contributed by atoms with Crippen molar-refractivity contribution in [3.63, 3.8) is 0 Å². The molecule has 2 aliphatic rings. The number of piperidine rings is 1. The lowest BCUT2D eigenvalue weighted by Gasteiger charge is -2.37. The summed E-state index contributed by atoms with van der Waals surface area (Å²) in [5, 5.41) is 15.3. The Morgan fingerprint density at radius 3 is 2.58 bits per heavy atom. The molecule has 1 aromatic carbocycles. The van der Waals surface area contributed by atoms with Crippen molar-refractivity contribution < 1.29 is 0 Å². The van der Waals surface area contributed by atoms with E-state index in [4.69, 9.17) is 0 Å². The number of aromatic nitrogens is 6. The van der Waals surface area contributed by atoms with Gasteiger partial charge >= 0.3 is 5.69 Å². The molecule has 1 saturated heterocycles. The van der Waals surface area contributed by atoms with Crippen molar-refractivity contribution in [1.82, 2.24) is 34.7 Å². The van der Waals surface area contributed by atoms with Gasteiger partial charge in [0.05, 0.1) is 17.1 Å². The average molecular weight is 464 g/mol. The molecule has 33 heavy (non-hydrogen) atoms. The fraction of sp³-hybridized carbons (Fsp3) is 0.500. The summed E-state index contributed by atoms with van der Waals surface area (Å²) in [6.45, 7) is 1.80. The maximum Gasteiger partial charge on any atom is 0.326 e. The highest BCUT2D eigenvalue weighted by molar-refractivity contribution is 7.10. The molecule has 2 fully saturated rings. The Kier molecular flexibility index (Phi) is 5.59. The Bertz CT molecular complexity index is 1260. The average Bonchev–Trinajstić information content (AvgIpc) is 3.61. The number of hydrogen-bond donors (Lipinski definition) is 1. The fourth-order valence-corrected chi connectivity index (χ4v) is 6.58. The van der Waals surface area contributed by atoms with Crippen molar-refractivity contribution in [1.29, 1.82) is 0 Å². The summed E-state index contributed by atoms with van der Waals surface area (Å²) in [6.07, 6.45) is 7.96. The molecule has 4 aromatic rings. The Balaban J connectivity index is 1.28. The van der Waals surface area contributed by atoms with E-state index in [1.165, 1.54) is 24.1 Å². The van der Waals surface area contributed by atoms with Crippen LogP contribution >= 0.6 is 11.3 Å². The van der Waals surface area contributed by atoms with E-state index in [0.29, 0.717) is 6.04 Å². The number of likely N-dealkylation sites (tertiary alicyclic amines) is 1. The van der Waals surface area contributed by atoms with Gasteiger partial charge in [0.15, 0.2) is 5.82 Å². The van der Waals surface area contributed by atoms with Crippen LogP contribution in [0.5, 0.6) is 0 Å². The number of rotatable bonds is 5. The number of tetrazole rings is 1. The maximum atomic E-state index is 12.7. The minimum absolute atomic E-state index is 0.00861. The third-order valence-corrected chi connectivity index (χ3v) is 8.27. The Hall–Kier alpha value is -2.78. The fourth-order valence-electron chi connectivity index (χ4n) is 5.72. The van der Waals surface area contributed by atoms with E-state index in [-0.39, 0.29) is 17.8 Å². The molecule has 1 unspecified atom stereocenters.